The molecule has 8 nitrogen and oxygen atoms in total. The third-order valence-electron chi connectivity index (χ3n) is 4.64. The third kappa shape index (κ3) is 2.88. The molecule has 1 aromatic carbocycles. The largest absolute Gasteiger partial charge is 0.378 e. The van der Waals surface area contributed by atoms with Gasteiger partial charge in [0.15, 0.2) is 5.78 Å². The average Bonchev–Trinajstić information content (AvgIpc) is 3.14. The van der Waals surface area contributed by atoms with Gasteiger partial charge in [-0.25, -0.2) is 12.4 Å². The molecule has 1 aromatic heterocycles. The molecule has 0 atom stereocenters. The Morgan fingerprint density at radius 2 is 1.61 bits per heavy atom. The molecule has 1 saturated heterocycles. The van der Waals surface area contributed by atoms with E-state index in [1.165, 1.54) is 23.1 Å². The Labute approximate surface area is 161 Å². The summed E-state index contributed by atoms with van der Waals surface area (Å²) in [7, 11) is -4.28. The molecule has 1 aliphatic carbocycles. The SMILES string of the molecule is O=C1C=CC(=O)c2c1cc(C(=O)N1CCOCC1)n2S(=O)(=O)c1ccccc1. The molecular formula is C19H16N2O6S. The van der Waals surface area contributed by atoms with Crippen LogP contribution in [0.2, 0.25) is 0 Å². The Morgan fingerprint density at radius 1 is 0.964 bits per heavy atom. The van der Waals surface area contributed by atoms with Gasteiger partial charge in [0.1, 0.15) is 11.4 Å². The molecule has 2 aromatic rings. The van der Waals surface area contributed by atoms with E-state index in [1.54, 1.807) is 18.2 Å². The number of ether oxygens (including phenoxy) is 1. The van der Waals surface area contributed by atoms with Crippen LogP contribution in [-0.4, -0.2) is 61.1 Å². The summed E-state index contributed by atoms with van der Waals surface area (Å²) in [5.41, 5.74) is -0.641. The molecule has 0 unspecified atom stereocenters. The molecule has 0 spiro atoms. The zero-order valence-electron chi connectivity index (χ0n) is 14.7. The van der Waals surface area contributed by atoms with E-state index in [4.69, 9.17) is 4.74 Å². The van der Waals surface area contributed by atoms with Crippen molar-refractivity contribution in [1.29, 1.82) is 0 Å². The number of fused-ring (bicyclic) bond motifs is 1. The highest BCUT2D eigenvalue weighted by Crippen LogP contribution is 2.28. The lowest BCUT2D eigenvalue weighted by molar-refractivity contribution is 0.0298. The van der Waals surface area contributed by atoms with Gasteiger partial charge in [-0.3, -0.25) is 14.4 Å². The number of rotatable bonds is 3. The van der Waals surface area contributed by atoms with Crippen LogP contribution in [0.25, 0.3) is 0 Å². The fraction of sp³-hybridized carbons (Fsp3) is 0.211. The van der Waals surface area contributed by atoms with Gasteiger partial charge in [0.25, 0.3) is 15.9 Å². The van der Waals surface area contributed by atoms with E-state index in [0.717, 1.165) is 12.2 Å². The van der Waals surface area contributed by atoms with Gasteiger partial charge in [-0.1, -0.05) is 18.2 Å². The second kappa shape index (κ2) is 6.84. The van der Waals surface area contributed by atoms with E-state index >= 15 is 0 Å². The monoisotopic (exact) mass is 400 g/mol. The smallest absolute Gasteiger partial charge is 0.271 e. The maximum atomic E-state index is 13.3. The maximum Gasteiger partial charge on any atom is 0.271 e. The number of morpholine rings is 1. The Morgan fingerprint density at radius 3 is 2.29 bits per heavy atom. The van der Waals surface area contributed by atoms with Crippen molar-refractivity contribution in [2.24, 2.45) is 0 Å². The third-order valence-corrected chi connectivity index (χ3v) is 6.37. The number of carbonyl (C=O) groups excluding carboxylic acids is 3. The molecule has 9 heteroatoms. The quantitative estimate of drug-likeness (QED) is 0.765. The summed E-state index contributed by atoms with van der Waals surface area (Å²) in [6.07, 6.45) is 2.10. The first kappa shape index (κ1) is 18.3. The first-order chi connectivity index (χ1) is 13.4. The summed E-state index contributed by atoms with van der Waals surface area (Å²) in [6.45, 7) is 1.24. The Balaban J connectivity index is 1.95. The van der Waals surface area contributed by atoms with Gasteiger partial charge in [-0.2, -0.15) is 0 Å². The molecule has 144 valence electrons. The van der Waals surface area contributed by atoms with Crippen LogP contribution >= 0.6 is 0 Å². The summed E-state index contributed by atoms with van der Waals surface area (Å²) in [4.78, 5) is 39.2. The van der Waals surface area contributed by atoms with E-state index < -0.39 is 27.5 Å². The number of hydrogen-bond acceptors (Lipinski definition) is 6. The van der Waals surface area contributed by atoms with Gasteiger partial charge in [-0.05, 0) is 30.4 Å². The molecule has 2 heterocycles. The van der Waals surface area contributed by atoms with Crippen molar-refractivity contribution in [2.75, 3.05) is 26.3 Å². The van der Waals surface area contributed by atoms with Crippen LogP contribution in [-0.2, 0) is 14.8 Å². The van der Waals surface area contributed by atoms with Crippen LogP contribution in [0.15, 0.2) is 53.4 Å². The van der Waals surface area contributed by atoms with Crippen LogP contribution < -0.4 is 0 Å². The molecule has 0 saturated carbocycles. The van der Waals surface area contributed by atoms with Crippen molar-refractivity contribution < 1.29 is 27.5 Å². The zero-order chi connectivity index (χ0) is 19.9. The van der Waals surface area contributed by atoms with Gasteiger partial charge in [0.05, 0.1) is 23.7 Å². The standard InChI is InChI=1S/C19H16N2O6S/c22-16-6-7-17(23)18-14(16)12-15(19(24)20-8-10-27-11-9-20)21(18)28(25,26)13-4-2-1-3-5-13/h1-7,12H,8-11H2. The summed E-state index contributed by atoms with van der Waals surface area (Å²) in [5, 5.41) is 0. The number of carbonyl (C=O) groups is 3. The molecule has 0 radical (unpaired) electrons. The van der Waals surface area contributed by atoms with Crippen LogP contribution in [0.1, 0.15) is 31.3 Å². The molecule has 0 N–H and O–H groups in total. The predicted molar refractivity (Wildman–Crippen MR) is 98.0 cm³/mol. The second-order valence-corrected chi connectivity index (χ2v) is 8.13. The van der Waals surface area contributed by atoms with E-state index in [-0.39, 0.29) is 21.8 Å². The predicted octanol–water partition coefficient (Wildman–Crippen LogP) is 1.13. The van der Waals surface area contributed by atoms with Gasteiger partial charge >= 0.3 is 0 Å². The van der Waals surface area contributed by atoms with E-state index in [9.17, 15) is 22.8 Å². The molecule has 4 rings (SSSR count). The lowest BCUT2D eigenvalue weighted by Crippen LogP contribution is -2.42. The van der Waals surface area contributed by atoms with Gasteiger partial charge in [0.2, 0.25) is 5.78 Å². The molecule has 2 aliphatic rings. The van der Waals surface area contributed by atoms with Crippen molar-refractivity contribution in [2.45, 2.75) is 4.90 Å². The highest BCUT2D eigenvalue weighted by atomic mass is 32.2. The highest BCUT2D eigenvalue weighted by molar-refractivity contribution is 7.90. The number of allylic oxidation sites excluding steroid dienone is 2. The minimum atomic E-state index is -4.28. The van der Waals surface area contributed by atoms with Crippen LogP contribution in [0.3, 0.4) is 0 Å². The molecule has 28 heavy (non-hydrogen) atoms. The number of ketones is 2. The van der Waals surface area contributed by atoms with Gasteiger partial charge < -0.3 is 9.64 Å². The van der Waals surface area contributed by atoms with Crippen molar-refractivity contribution in [3.8, 4) is 0 Å². The summed E-state index contributed by atoms with van der Waals surface area (Å²) < 4.78 is 32.6. The molecule has 1 aliphatic heterocycles. The van der Waals surface area contributed by atoms with Gasteiger partial charge in [-0.15, -0.1) is 0 Å². The number of aromatic nitrogens is 1. The van der Waals surface area contributed by atoms with E-state index in [1.807, 2.05) is 0 Å². The van der Waals surface area contributed by atoms with Crippen molar-refractivity contribution in [1.82, 2.24) is 8.87 Å². The van der Waals surface area contributed by atoms with Crippen molar-refractivity contribution in [3.05, 3.63) is 65.5 Å². The van der Waals surface area contributed by atoms with Crippen LogP contribution in [0.4, 0.5) is 0 Å². The molecule has 0 bridgehead atoms. The molecule has 1 amide bonds. The Kier molecular flexibility index (Phi) is 4.48. The minimum absolute atomic E-state index is 0.0840. The normalized spacial score (nSPS) is 16.9. The number of nitrogens with zero attached hydrogens (tertiary/aromatic N) is 2. The van der Waals surface area contributed by atoms with Crippen molar-refractivity contribution >= 4 is 27.5 Å². The maximum absolute atomic E-state index is 13.3. The zero-order valence-corrected chi connectivity index (χ0v) is 15.5. The summed E-state index contributed by atoms with van der Waals surface area (Å²) in [5.74, 6) is -1.74. The fourth-order valence-electron chi connectivity index (χ4n) is 3.26. The first-order valence-electron chi connectivity index (χ1n) is 8.61. The number of benzene rings is 1. The number of amides is 1. The Bertz CT molecular complexity index is 1110. The topological polar surface area (TPSA) is 103 Å². The van der Waals surface area contributed by atoms with Crippen LogP contribution in [0, 0.1) is 0 Å². The van der Waals surface area contributed by atoms with E-state index in [0.29, 0.717) is 30.3 Å². The number of hydrogen-bond donors (Lipinski definition) is 0. The minimum Gasteiger partial charge on any atom is -0.378 e. The van der Waals surface area contributed by atoms with E-state index in [2.05, 4.69) is 0 Å². The van der Waals surface area contributed by atoms with Crippen LogP contribution in [0.5, 0.6) is 0 Å². The lowest BCUT2D eigenvalue weighted by atomic mass is 10.0. The molecular weight excluding hydrogens is 384 g/mol. The second-order valence-electron chi connectivity index (χ2n) is 6.34. The average molecular weight is 400 g/mol. The first-order valence-corrected chi connectivity index (χ1v) is 10.1. The molecule has 1 fully saturated rings. The van der Waals surface area contributed by atoms with Crippen molar-refractivity contribution in [3.63, 3.8) is 0 Å². The highest BCUT2D eigenvalue weighted by Gasteiger charge is 2.36. The fourth-order valence-corrected chi connectivity index (χ4v) is 4.79. The summed E-state index contributed by atoms with van der Waals surface area (Å²) >= 11 is 0. The van der Waals surface area contributed by atoms with Gasteiger partial charge in [0, 0.05) is 13.1 Å². The lowest BCUT2D eigenvalue weighted by Gasteiger charge is -2.27. The summed E-state index contributed by atoms with van der Waals surface area (Å²) in [6, 6.07) is 8.67. The Hall–Kier alpha value is -3.04.